The number of nitrogens with one attached hydrogen (secondary N) is 1. The Bertz CT molecular complexity index is 651. The Morgan fingerprint density at radius 1 is 1.00 bits per heavy atom. The average Bonchev–Trinajstić information content (AvgIpc) is 2.58. The third-order valence-corrected chi connectivity index (χ3v) is 6.39. The van der Waals surface area contributed by atoms with E-state index in [1.54, 1.807) is 25.3 Å². The molecule has 3 heteroatoms. The summed E-state index contributed by atoms with van der Waals surface area (Å²) in [6, 6.07) is 7.39. The molecule has 0 saturated heterocycles. The Balaban J connectivity index is 1.48. The number of hydrogen-bond acceptors (Lipinski definition) is 2. The van der Waals surface area contributed by atoms with Gasteiger partial charge < -0.3 is 5.32 Å². The second kappa shape index (κ2) is 5.87. The van der Waals surface area contributed by atoms with Gasteiger partial charge in [0, 0.05) is 18.0 Å². The van der Waals surface area contributed by atoms with Gasteiger partial charge in [0.05, 0.1) is 0 Å². The lowest BCUT2D eigenvalue weighted by atomic mass is 9.48. The van der Waals surface area contributed by atoms with Crippen molar-refractivity contribution >= 4 is 17.8 Å². The number of rotatable bonds is 4. The maximum atomic E-state index is 12.9. The van der Waals surface area contributed by atoms with Crippen molar-refractivity contribution in [2.75, 3.05) is 7.05 Å². The van der Waals surface area contributed by atoms with Gasteiger partial charge in [0.15, 0.2) is 5.78 Å². The molecule has 0 aliphatic heterocycles. The highest BCUT2D eigenvalue weighted by Gasteiger charge is 2.53. The van der Waals surface area contributed by atoms with E-state index in [-0.39, 0.29) is 11.3 Å². The fourth-order valence-corrected chi connectivity index (χ4v) is 5.65. The minimum atomic E-state index is -0.0878. The lowest BCUT2D eigenvalue weighted by Crippen LogP contribution is -2.49. The molecule has 0 atom stereocenters. The molecule has 0 spiro atoms. The van der Waals surface area contributed by atoms with E-state index in [1.165, 1.54) is 19.3 Å². The van der Waals surface area contributed by atoms with Crippen LogP contribution in [0.15, 0.2) is 30.3 Å². The van der Waals surface area contributed by atoms with Crippen LogP contribution in [0.1, 0.15) is 54.4 Å². The van der Waals surface area contributed by atoms with Crippen LogP contribution in [-0.2, 0) is 4.79 Å². The first-order valence-electron chi connectivity index (χ1n) is 9.13. The van der Waals surface area contributed by atoms with Crippen molar-refractivity contribution in [3.8, 4) is 0 Å². The fourth-order valence-electron chi connectivity index (χ4n) is 5.65. The van der Waals surface area contributed by atoms with Crippen molar-refractivity contribution in [2.24, 2.45) is 23.2 Å². The molecule has 3 nitrogen and oxygen atoms in total. The van der Waals surface area contributed by atoms with Crippen molar-refractivity contribution in [3.63, 3.8) is 0 Å². The van der Waals surface area contributed by atoms with E-state index in [2.05, 4.69) is 5.32 Å². The second-order valence-electron chi connectivity index (χ2n) is 8.10. The molecule has 4 fully saturated rings. The molecule has 1 N–H and O–H groups in total. The number of carbonyl (C=O) groups excluding carboxylic acids is 2. The molecule has 24 heavy (non-hydrogen) atoms. The Morgan fingerprint density at radius 3 is 2.04 bits per heavy atom. The van der Waals surface area contributed by atoms with Crippen molar-refractivity contribution in [1.29, 1.82) is 0 Å². The summed E-state index contributed by atoms with van der Waals surface area (Å²) in [6.07, 6.45) is 11.1. The first kappa shape index (κ1) is 15.6. The average molecular weight is 323 g/mol. The zero-order chi connectivity index (χ0) is 16.7. The highest BCUT2D eigenvalue weighted by atomic mass is 16.1. The van der Waals surface area contributed by atoms with Gasteiger partial charge in [0.1, 0.15) is 0 Å². The number of ketones is 1. The summed E-state index contributed by atoms with van der Waals surface area (Å²) in [4.78, 5) is 24.5. The standard InChI is InChI=1S/C21H25NO2/c1-22-20(24)18-5-2-14(3-6-18)4-7-19(23)21-11-15-8-16(12-21)10-17(9-15)13-21/h2-7,15-17H,8-13H2,1H3,(H,22,24)/b7-4+. The third kappa shape index (κ3) is 2.70. The molecule has 1 amide bonds. The van der Waals surface area contributed by atoms with Gasteiger partial charge in [-0.1, -0.05) is 18.2 Å². The van der Waals surface area contributed by atoms with Gasteiger partial charge >= 0.3 is 0 Å². The lowest BCUT2D eigenvalue weighted by Gasteiger charge is -2.55. The van der Waals surface area contributed by atoms with Crippen LogP contribution in [0.2, 0.25) is 0 Å². The number of amides is 1. The zero-order valence-electron chi connectivity index (χ0n) is 14.3. The van der Waals surface area contributed by atoms with Gasteiger partial charge in [0.25, 0.3) is 5.91 Å². The molecule has 0 radical (unpaired) electrons. The number of allylic oxidation sites excluding steroid dienone is 1. The SMILES string of the molecule is CNC(=O)c1ccc(/C=C/C(=O)C23CC4CC(CC(C4)C2)C3)cc1. The van der Waals surface area contributed by atoms with Gasteiger partial charge in [-0.15, -0.1) is 0 Å². The summed E-state index contributed by atoms with van der Waals surface area (Å²) in [6.45, 7) is 0. The zero-order valence-corrected chi connectivity index (χ0v) is 14.3. The normalized spacial score (nSPS) is 33.8. The Kier molecular flexibility index (Phi) is 3.82. The van der Waals surface area contributed by atoms with Crippen LogP contribution in [0.25, 0.3) is 6.08 Å². The Morgan fingerprint density at radius 2 is 1.54 bits per heavy atom. The van der Waals surface area contributed by atoms with Crippen LogP contribution >= 0.6 is 0 Å². The number of hydrogen-bond donors (Lipinski definition) is 1. The Hall–Kier alpha value is -1.90. The van der Waals surface area contributed by atoms with Gasteiger partial charge in [0.2, 0.25) is 0 Å². The summed E-state index contributed by atoms with van der Waals surface area (Å²) < 4.78 is 0. The molecule has 126 valence electrons. The molecule has 4 aliphatic rings. The van der Waals surface area contributed by atoms with Crippen molar-refractivity contribution < 1.29 is 9.59 Å². The fraction of sp³-hybridized carbons (Fsp3) is 0.524. The molecule has 5 rings (SSSR count). The van der Waals surface area contributed by atoms with Gasteiger partial charge in [-0.25, -0.2) is 0 Å². The summed E-state index contributed by atoms with van der Waals surface area (Å²) >= 11 is 0. The maximum Gasteiger partial charge on any atom is 0.251 e. The molecule has 4 bridgehead atoms. The van der Waals surface area contributed by atoms with E-state index < -0.39 is 0 Å². The second-order valence-corrected chi connectivity index (χ2v) is 8.10. The van der Waals surface area contributed by atoms with E-state index in [0.29, 0.717) is 11.3 Å². The summed E-state index contributed by atoms with van der Waals surface area (Å²) in [7, 11) is 1.63. The molecule has 0 unspecified atom stereocenters. The van der Waals surface area contributed by atoms with E-state index in [1.807, 2.05) is 18.2 Å². The molecule has 4 aliphatic carbocycles. The van der Waals surface area contributed by atoms with E-state index in [9.17, 15) is 9.59 Å². The summed E-state index contributed by atoms with van der Waals surface area (Å²) in [5, 5.41) is 2.61. The number of carbonyl (C=O) groups is 2. The van der Waals surface area contributed by atoms with E-state index in [0.717, 1.165) is 42.6 Å². The number of benzene rings is 1. The smallest absolute Gasteiger partial charge is 0.251 e. The van der Waals surface area contributed by atoms with Crippen LogP contribution in [0.5, 0.6) is 0 Å². The highest BCUT2D eigenvalue weighted by molar-refractivity contribution is 5.98. The van der Waals surface area contributed by atoms with Crippen molar-refractivity contribution in [3.05, 3.63) is 41.5 Å². The largest absolute Gasteiger partial charge is 0.355 e. The van der Waals surface area contributed by atoms with E-state index >= 15 is 0 Å². The maximum absolute atomic E-state index is 12.9. The van der Waals surface area contributed by atoms with E-state index in [4.69, 9.17) is 0 Å². The predicted octanol–water partition coefficient (Wildman–Crippen LogP) is 3.84. The van der Waals surface area contributed by atoms with Crippen molar-refractivity contribution in [1.82, 2.24) is 5.32 Å². The monoisotopic (exact) mass is 323 g/mol. The summed E-state index contributed by atoms with van der Waals surface area (Å²) in [5.74, 6) is 2.62. The third-order valence-electron chi connectivity index (χ3n) is 6.39. The van der Waals surface area contributed by atoms with Crippen LogP contribution in [0, 0.1) is 23.2 Å². The molecule has 4 saturated carbocycles. The van der Waals surface area contributed by atoms with Crippen LogP contribution in [0.3, 0.4) is 0 Å². The van der Waals surface area contributed by atoms with Crippen molar-refractivity contribution in [2.45, 2.75) is 38.5 Å². The van der Waals surface area contributed by atoms with Crippen LogP contribution < -0.4 is 5.32 Å². The highest BCUT2D eigenvalue weighted by Crippen LogP contribution is 2.60. The predicted molar refractivity (Wildman–Crippen MR) is 94.5 cm³/mol. The molecular weight excluding hydrogens is 298 g/mol. The first-order valence-corrected chi connectivity index (χ1v) is 9.13. The first-order chi connectivity index (χ1) is 11.6. The molecular formula is C21H25NO2. The molecule has 0 heterocycles. The van der Waals surface area contributed by atoms with Gasteiger partial charge in [-0.2, -0.15) is 0 Å². The summed E-state index contributed by atoms with van der Waals surface area (Å²) in [5.41, 5.74) is 1.55. The molecule has 1 aromatic carbocycles. The van der Waals surface area contributed by atoms with Crippen LogP contribution in [0.4, 0.5) is 0 Å². The Labute approximate surface area is 143 Å². The minimum Gasteiger partial charge on any atom is -0.355 e. The van der Waals surface area contributed by atoms with Gasteiger partial charge in [-0.3, -0.25) is 9.59 Å². The molecule has 1 aromatic rings. The van der Waals surface area contributed by atoms with Crippen LogP contribution in [-0.4, -0.2) is 18.7 Å². The molecule has 0 aromatic heterocycles. The lowest BCUT2D eigenvalue weighted by molar-refractivity contribution is -0.138. The topological polar surface area (TPSA) is 46.2 Å². The van der Waals surface area contributed by atoms with Gasteiger partial charge in [-0.05, 0) is 80.1 Å². The minimum absolute atomic E-state index is 0.0622. The quantitative estimate of drug-likeness (QED) is 0.856.